The van der Waals surface area contributed by atoms with Crippen LogP contribution in [0.25, 0.3) is 0 Å². The summed E-state index contributed by atoms with van der Waals surface area (Å²) < 4.78 is 12.7. The molecule has 4 heteroatoms. The average molecular weight is 485 g/mol. The van der Waals surface area contributed by atoms with Crippen molar-refractivity contribution in [2.45, 2.75) is 112 Å². The Labute approximate surface area is 212 Å². The maximum atomic E-state index is 12.7. The summed E-state index contributed by atoms with van der Waals surface area (Å²) in [5.74, 6) is 1.07. The Bertz CT molecular complexity index is 942. The highest BCUT2D eigenvalue weighted by molar-refractivity contribution is 5.76. The summed E-state index contributed by atoms with van der Waals surface area (Å²) in [6, 6.07) is 0. The number of carbonyl (C=O) groups is 1. The molecule has 4 nitrogen and oxygen atoms in total. The van der Waals surface area contributed by atoms with Crippen LogP contribution in [0, 0.1) is 50.7 Å². The number of carboxylic acid groups (broad SMARTS) is 1. The molecule has 0 amide bonds. The number of hydrogen-bond acceptors (Lipinski definition) is 3. The second kappa shape index (κ2) is 7.37. The SMILES string of the molecule is CC1(C)CCC2(C(=O)O)CCC3C(=CCC4C5(C)CCC6(OCCO6)C(C)(C)C5CC[C@@]34C)C2C1. The summed E-state index contributed by atoms with van der Waals surface area (Å²) in [5, 5.41) is 10.5. The molecule has 5 aliphatic carbocycles. The van der Waals surface area contributed by atoms with Gasteiger partial charge in [0, 0.05) is 11.8 Å². The lowest BCUT2D eigenvalue weighted by Gasteiger charge is -2.69. The van der Waals surface area contributed by atoms with Gasteiger partial charge < -0.3 is 14.6 Å². The van der Waals surface area contributed by atoms with Crippen molar-refractivity contribution in [1.29, 1.82) is 0 Å². The van der Waals surface area contributed by atoms with Crippen molar-refractivity contribution in [3.05, 3.63) is 11.6 Å². The molecule has 0 bridgehead atoms. The molecule has 1 aliphatic heterocycles. The first-order chi connectivity index (χ1) is 16.3. The Balaban J connectivity index is 1.38. The monoisotopic (exact) mass is 484 g/mol. The summed E-state index contributed by atoms with van der Waals surface area (Å²) >= 11 is 0. The van der Waals surface area contributed by atoms with E-state index >= 15 is 0 Å². The maximum absolute atomic E-state index is 12.7. The first-order valence-electron chi connectivity index (χ1n) is 14.5. The van der Waals surface area contributed by atoms with Crippen LogP contribution >= 0.6 is 0 Å². The summed E-state index contributed by atoms with van der Waals surface area (Å²) in [7, 11) is 0. The number of rotatable bonds is 1. The zero-order chi connectivity index (χ0) is 25.1. The normalized spacial score (nSPS) is 49.3. The van der Waals surface area contributed by atoms with Crippen LogP contribution in [0.2, 0.25) is 0 Å². The molecular weight excluding hydrogens is 436 g/mol. The number of aliphatic carboxylic acids is 1. The molecule has 7 atom stereocenters. The van der Waals surface area contributed by atoms with Crippen LogP contribution in [0.15, 0.2) is 11.6 Å². The lowest BCUT2D eigenvalue weighted by Crippen LogP contribution is -2.65. The molecule has 5 fully saturated rings. The van der Waals surface area contributed by atoms with E-state index in [0.717, 1.165) is 58.2 Å². The van der Waals surface area contributed by atoms with Crippen molar-refractivity contribution in [1.82, 2.24) is 0 Å². The second-order valence-electron chi connectivity index (χ2n) is 15.2. The van der Waals surface area contributed by atoms with Gasteiger partial charge >= 0.3 is 5.97 Å². The van der Waals surface area contributed by atoms with Crippen LogP contribution in [0.5, 0.6) is 0 Å². The first kappa shape index (κ1) is 24.5. The predicted molar refractivity (Wildman–Crippen MR) is 137 cm³/mol. The number of fused-ring (bicyclic) bond motifs is 7. The van der Waals surface area contributed by atoms with E-state index in [-0.39, 0.29) is 27.6 Å². The van der Waals surface area contributed by atoms with Gasteiger partial charge in [0.15, 0.2) is 5.79 Å². The maximum Gasteiger partial charge on any atom is 0.310 e. The summed E-state index contributed by atoms with van der Waals surface area (Å²) in [6.45, 7) is 16.2. The highest BCUT2D eigenvalue weighted by Gasteiger charge is 2.69. The van der Waals surface area contributed by atoms with E-state index in [4.69, 9.17) is 9.47 Å². The third kappa shape index (κ3) is 3.02. The largest absolute Gasteiger partial charge is 0.481 e. The zero-order valence-corrected chi connectivity index (χ0v) is 23.0. The van der Waals surface area contributed by atoms with Gasteiger partial charge in [-0.2, -0.15) is 0 Å². The van der Waals surface area contributed by atoms with Gasteiger partial charge in [-0.05, 0) is 97.7 Å². The number of allylic oxidation sites excluding steroid dienone is 2. The summed E-state index contributed by atoms with van der Waals surface area (Å²) in [4.78, 5) is 12.7. The standard InChI is InChI=1S/C31H48O4/c1-26(2)13-15-30(25(32)33)12-9-21-20(22(30)19-26)7-8-24-28(21,5)11-10-23-27(3,4)31(34-17-18-35-31)16-14-29(23,24)6/h7,21-24H,8-19H2,1-6H3,(H,32,33)/t21?,22?,23?,24?,28-,29?,30?/m0/s1. The van der Waals surface area contributed by atoms with Crippen LogP contribution in [-0.2, 0) is 14.3 Å². The van der Waals surface area contributed by atoms with Crippen LogP contribution in [-0.4, -0.2) is 30.1 Å². The predicted octanol–water partition coefficient (Wildman–Crippen LogP) is 7.23. The Morgan fingerprint density at radius 3 is 2.23 bits per heavy atom. The fourth-order valence-electron chi connectivity index (χ4n) is 11.2. The Morgan fingerprint density at radius 2 is 1.54 bits per heavy atom. The molecule has 4 saturated carbocycles. The molecule has 35 heavy (non-hydrogen) atoms. The van der Waals surface area contributed by atoms with Crippen LogP contribution in [0.3, 0.4) is 0 Å². The highest BCUT2D eigenvalue weighted by atomic mass is 16.7. The fourth-order valence-corrected chi connectivity index (χ4v) is 11.2. The van der Waals surface area contributed by atoms with Crippen molar-refractivity contribution in [2.75, 3.05) is 13.2 Å². The molecule has 1 heterocycles. The van der Waals surface area contributed by atoms with Gasteiger partial charge in [-0.1, -0.05) is 53.2 Å². The van der Waals surface area contributed by atoms with E-state index in [9.17, 15) is 9.90 Å². The molecule has 0 aromatic heterocycles. The molecule has 6 aliphatic rings. The van der Waals surface area contributed by atoms with Gasteiger partial charge in [-0.25, -0.2) is 0 Å². The van der Waals surface area contributed by atoms with Gasteiger partial charge in [-0.15, -0.1) is 0 Å². The number of ether oxygens (including phenoxy) is 2. The van der Waals surface area contributed by atoms with Crippen LogP contribution in [0.4, 0.5) is 0 Å². The van der Waals surface area contributed by atoms with E-state index in [1.54, 1.807) is 5.57 Å². The molecule has 6 rings (SSSR count). The molecule has 1 N–H and O–H groups in total. The van der Waals surface area contributed by atoms with Gasteiger partial charge in [0.05, 0.1) is 18.6 Å². The molecule has 0 aromatic rings. The summed E-state index contributed by atoms with van der Waals surface area (Å²) in [6.07, 6.45) is 13.2. The van der Waals surface area contributed by atoms with Crippen molar-refractivity contribution < 1.29 is 19.4 Å². The Morgan fingerprint density at radius 1 is 0.829 bits per heavy atom. The minimum Gasteiger partial charge on any atom is -0.481 e. The lowest BCUT2D eigenvalue weighted by atomic mass is 9.36. The van der Waals surface area contributed by atoms with E-state index < -0.39 is 17.2 Å². The zero-order valence-electron chi connectivity index (χ0n) is 23.0. The topological polar surface area (TPSA) is 55.8 Å². The molecule has 1 saturated heterocycles. The van der Waals surface area contributed by atoms with Gasteiger partial charge in [0.1, 0.15) is 0 Å². The minimum absolute atomic E-state index is 0.000240. The average Bonchev–Trinajstić information content (AvgIpc) is 3.27. The molecule has 0 aromatic carbocycles. The van der Waals surface area contributed by atoms with Crippen molar-refractivity contribution in [2.24, 2.45) is 50.7 Å². The Hall–Kier alpha value is -0.870. The lowest BCUT2D eigenvalue weighted by molar-refractivity contribution is -0.304. The van der Waals surface area contributed by atoms with Gasteiger partial charge in [-0.3, -0.25) is 4.79 Å². The molecule has 196 valence electrons. The number of hydrogen-bond donors (Lipinski definition) is 1. The summed E-state index contributed by atoms with van der Waals surface area (Å²) in [5.41, 5.74) is 1.78. The smallest absolute Gasteiger partial charge is 0.310 e. The Kier molecular flexibility index (Phi) is 5.15. The molecule has 0 radical (unpaired) electrons. The van der Waals surface area contributed by atoms with E-state index in [1.807, 2.05) is 0 Å². The van der Waals surface area contributed by atoms with Crippen LogP contribution < -0.4 is 0 Å². The molecular formula is C31H48O4. The quantitative estimate of drug-likeness (QED) is 0.399. The van der Waals surface area contributed by atoms with Crippen molar-refractivity contribution in [3.8, 4) is 0 Å². The minimum atomic E-state index is -0.531. The second-order valence-corrected chi connectivity index (χ2v) is 15.2. The van der Waals surface area contributed by atoms with Gasteiger partial charge in [0.25, 0.3) is 0 Å². The van der Waals surface area contributed by atoms with Crippen LogP contribution in [0.1, 0.15) is 106 Å². The van der Waals surface area contributed by atoms with E-state index in [0.29, 0.717) is 17.8 Å². The molecule has 6 unspecified atom stereocenters. The highest BCUT2D eigenvalue weighted by Crippen LogP contribution is 2.73. The third-order valence-electron chi connectivity index (χ3n) is 13.1. The van der Waals surface area contributed by atoms with Gasteiger partial charge in [0.2, 0.25) is 0 Å². The van der Waals surface area contributed by atoms with Crippen molar-refractivity contribution in [3.63, 3.8) is 0 Å². The molecule has 1 spiro atoms. The van der Waals surface area contributed by atoms with Crippen molar-refractivity contribution >= 4 is 5.97 Å². The number of carboxylic acids is 1. The van der Waals surface area contributed by atoms with E-state index in [1.165, 1.54) is 19.3 Å². The first-order valence-corrected chi connectivity index (χ1v) is 14.5. The fraction of sp³-hybridized carbons (Fsp3) is 0.903. The van der Waals surface area contributed by atoms with E-state index in [2.05, 4.69) is 47.6 Å². The third-order valence-corrected chi connectivity index (χ3v) is 13.1.